The average Bonchev–Trinajstić information content (AvgIpc) is 2.79. The lowest BCUT2D eigenvalue weighted by atomic mass is 10.0. The maximum absolute atomic E-state index is 12.6. The molecule has 3 aromatic rings. The molecule has 10 heteroatoms. The summed E-state index contributed by atoms with van der Waals surface area (Å²) in [5.41, 5.74) is 1.92. The van der Waals surface area contributed by atoms with Crippen molar-refractivity contribution >= 4 is 39.1 Å². The molecule has 0 saturated heterocycles. The van der Waals surface area contributed by atoms with Crippen LogP contribution >= 0.6 is 23.2 Å². The molecule has 0 saturated carbocycles. The number of methoxy groups -OCH3 is 1. The summed E-state index contributed by atoms with van der Waals surface area (Å²) in [5, 5.41) is 8.18. The number of rotatable bonds is 8. The number of halogens is 2. The number of primary sulfonamides is 1. The molecule has 0 unspecified atom stereocenters. The molecule has 0 spiro atoms. The van der Waals surface area contributed by atoms with Crippen molar-refractivity contribution in [3.63, 3.8) is 0 Å². The zero-order valence-electron chi connectivity index (χ0n) is 18.8. The van der Waals surface area contributed by atoms with Crippen LogP contribution in [0.1, 0.15) is 41.3 Å². The average molecular weight is 523 g/mol. The Morgan fingerprint density at radius 2 is 1.65 bits per heavy atom. The molecule has 3 N–H and O–H groups in total. The molecule has 0 atom stereocenters. The molecule has 0 aliphatic rings. The molecule has 0 aliphatic heterocycles. The maximum atomic E-state index is 12.6. The standard InChI is InChI=1S/C24H24Cl2N2O5S/c1-14(2)19-12-17(6-9-22(19)32-3)33-23-20(25)10-16(11-21(23)26)24(29)28-13-15-4-7-18(8-5-15)34(27,30)31/h4-12,14H,13H2,1-3H3,(H,28,29)(H2,27,30,31). The molecular weight excluding hydrogens is 499 g/mol. The molecule has 3 rings (SSSR count). The molecule has 0 aromatic heterocycles. The van der Waals surface area contributed by atoms with Crippen molar-refractivity contribution in [1.82, 2.24) is 5.32 Å². The highest BCUT2D eigenvalue weighted by molar-refractivity contribution is 7.89. The lowest BCUT2D eigenvalue weighted by Gasteiger charge is -2.16. The number of carbonyl (C=O) groups excluding carboxylic acids is 1. The lowest BCUT2D eigenvalue weighted by Crippen LogP contribution is -2.23. The van der Waals surface area contributed by atoms with Crippen molar-refractivity contribution in [2.75, 3.05) is 7.11 Å². The van der Waals surface area contributed by atoms with Gasteiger partial charge in [0.05, 0.1) is 22.1 Å². The van der Waals surface area contributed by atoms with Gasteiger partial charge in [0, 0.05) is 17.7 Å². The van der Waals surface area contributed by atoms with E-state index in [-0.39, 0.29) is 38.7 Å². The monoisotopic (exact) mass is 522 g/mol. The van der Waals surface area contributed by atoms with Gasteiger partial charge in [0.15, 0.2) is 5.75 Å². The van der Waals surface area contributed by atoms with Crippen LogP contribution in [0.3, 0.4) is 0 Å². The van der Waals surface area contributed by atoms with Crippen LogP contribution in [-0.4, -0.2) is 21.4 Å². The van der Waals surface area contributed by atoms with E-state index in [4.69, 9.17) is 37.8 Å². The van der Waals surface area contributed by atoms with E-state index in [1.807, 2.05) is 26.0 Å². The van der Waals surface area contributed by atoms with Gasteiger partial charge in [0.25, 0.3) is 5.91 Å². The quantitative estimate of drug-likeness (QED) is 0.406. The number of benzene rings is 3. The summed E-state index contributed by atoms with van der Waals surface area (Å²) in [4.78, 5) is 12.6. The number of hydrogen-bond acceptors (Lipinski definition) is 5. The van der Waals surface area contributed by atoms with E-state index >= 15 is 0 Å². The van der Waals surface area contributed by atoms with Gasteiger partial charge in [-0.3, -0.25) is 4.79 Å². The van der Waals surface area contributed by atoms with Gasteiger partial charge in [0.2, 0.25) is 10.0 Å². The second kappa shape index (κ2) is 10.7. The third-order valence-electron chi connectivity index (χ3n) is 5.01. The summed E-state index contributed by atoms with van der Waals surface area (Å²) in [6.45, 7) is 4.26. The normalized spacial score (nSPS) is 11.4. The number of nitrogens with one attached hydrogen (secondary N) is 1. The molecule has 0 heterocycles. The van der Waals surface area contributed by atoms with Crippen molar-refractivity contribution in [3.05, 3.63) is 81.3 Å². The van der Waals surface area contributed by atoms with Gasteiger partial charge < -0.3 is 14.8 Å². The molecule has 0 radical (unpaired) electrons. The molecular formula is C24H24Cl2N2O5S. The number of sulfonamides is 1. The van der Waals surface area contributed by atoms with Crippen LogP contribution in [0.5, 0.6) is 17.2 Å². The van der Waals surface area contributed by atoms with Crippen LogP contribution < -0.4 is 19.9 Å². The highest BCUT2D eigenvalue weighted by atomic mass is 35.5. The van der Waals surface area contributed by atoms with Crippen LogP contribution in [0.4, 0.5) is 0 Å². The number of ether oxygens (including phenoxy) is 2. The van der Waals surface area contributed by atoms with Crippen LogP contribution in [0.25, 0.3) is 0 Å². The van der Waals surface area contributed by atoms with E-state index in [1.54, 1.807) is 25.3 Å². The highest BCUT2D eigenvalue weighted by Gasteiger charge is 2.17. The Morgan fingerprint density at radius 1 is 1.03 bits per heavy atom. The summed E-state index contributed by atoms with van der Waals surface area (Å²) in [5.74, 6) is 1.33. The minimum Gasteiger partial charge on any atom is -0.496 e. The highest BCUT2D eigenvalue weighted by Crippen LogP contribution is 2.39. The third-order valence-corrected chi connectivity index (χ3v) is 6.50. The SMILES string of the molecule is COc1ccc(Oc2c(Cl)cc(C(=O)NCc3ccc(S(N)(=O)=O)cc3)cc2Cl)cc1C(C)C. The van der Waals surface area contributed by atoms with Crippen LogP contribution in [0, 0.1) is 0 Å². The Balaban J connectivity index is 1.73. The Kier molecular flexibility index (Phi) is 8.09. The van der Waals surface area contributed by atoms with Crippen molar-refractivity contribution < 1.29 is 22.7 Å². The van der Waals surface area contributed by atoms with E-state index < -0.39 is 15.9 Å². The number of hydrogen-bond donors (Lipinski definition) is 2. The van der Waals surface area contributed by atoms with E-state index in [0.29, 0.717) is 11.3 Å². The van der Waals surface area contributed by atoms with Gasteiger partial charge in [-0.1, -0.05) is 49.2 Å². The molecule has 0 bridgehead atoms. The zero-order chi connectivity index (χ0) is 25.0. The van der Waals surface area contributed by atoms with Crippen molar-refractivity contribution in [3.8, 4) is 17.2 Å². The smallest absolute Gasteiger partial charge is 0.251 e. The predicted octanol–water partition coefficient (Wildman–Crippen LogP) is 5.50. The van der Waals surface area contributed by atoms with Crippen molar-refractivity contribution in [1.29, 1.82) is 0 Å². The fourth-order valence-corrected chi connectivity index (χ4v) is 4.29. The number of nitrogens with two attached hydrogens (primary N) is 1. The maximum Gasteiger partial charge on any atom is 0.251 e. The fourth-order valence-electron chi connectivity index (χ4n) is 3.21. The largest absolute Gasteiger partial charge is 0.496 e. The number of carbonyl (C=O) groups is 1. The third kappa shape index (κ3) is 6.21. The van der Waals surface area contributed by atoms with Gasteiger partial charge in [-0.05, 0) is 53.9 Å². The molecule has 7 nitrogen and oxygen atoms in total. The Labute approximate surface area is 208 Å². The number of amides is 1. The van der Waals surface area contributed by atoms with E-state index in [0.717, 1.165) is 11.3 Å². The van der Waals surface area contributed by atoms with Crippen LogP contribution in [0.2, 0.25) is 10.0 Å². The summed E-state index contributed by atoms with van der Waals surface area (Å²) >= 11 is 12.8. The van der Waals surface area contributed by atoms with Gasteiger partial charge in [-0.15, -0.1) is 0 Å². The molecule has 3 aromatic carbocycles. The van der Waals surface area contributed by atoms with Crippen molar-refractivity contribution in [2.24, 2.45) is 5.14 Å². The van der Waals surface area contributed by atoms with E-state index in [9.17, 15) is 13.2 Å². The first-order chi connectivity index (χ1) is 16.0. The summed E-state index contributed by atoms with van der Waals surface area (Å²) in [7, 11) is -2.17. The van der Waals surface area contributed by atoms with Gasteiger partial charge in [-0.25, -0.2) is 13.6 Å². The second-order valence-corrected chi connectivity index (χ2v) is 10.2. The molecule has 0 aliphatic carbocycles. The van der Waals surface area contributed by atoms with E-state index in [1.165, 1.54) is 24.3 Å². The zero-order valence-corrected chi connectivity index (χ0v) is 21.1. The summed E-state index contributed by atoms with van der Waals surface area (Å²) in [6, 6.07) is 14.2. The molecule has 0 fully saturated rings. The minimum atomic E-state index is -3.78. The van der Waals surface area contributed by atoms with Crippen LogP contribution in [0.15, 0.2) is 59.5 Å². The Bertz CT molecular complexity index is 1290. The fraction of sp³-hybridized carbons (Fsp3) is 0.208. The molecule has 34 heavy (non-hydrogen) atoms. The Morgan fingerprint density at radius 3 is 2.18 bits per heavy atom. The Hall–Kier alpha value is -2.78. The van der Waals surface area contributed by atoms with Crippen LogP contribution in [-0.2, 0) is 16.6 Å². The minimum absolute atomic E-state index is 0.00546. The van der Waals surface area contributed by atoms with Gasteiger partial charge in [-0.2, -0.15) is 0 Å². The summed E-state index contributed by atoms with van der Waals surface area (Å²) in [6.07, 6.45) is 0. The van der Waals surface area contributed by atoms with Gasteiger partial charge in [0.1, 0.15) is 11.5 Å². The lowest BCUT2D eigenvalue weighted by molar-refractivity contribution is 0.0951. The predicted molar refractivity (Wildman–Crippen MR) is 133 cm³/mol. The topological polar surface area (TPSA) is 108 Å². The first kappa shape index (κ1) is 25.8. The molecule has 1 amide bonds. The summed E-state index contributed by atoms with van der Waals surface area (Å²) < 4.78 is 34.0. The first-order valence-electron chi connectivity index (χ1n) is 10.2. The second-order valence-electron chi connectivity index (χ2n) is 7.80. The van der Waals surface area contributed by atoms with E-state index in [2.05, 4.69) is 5.32 Å². The first-order valence-corrected chi connectivity index (χ1v) is 12.5. The molecule has 180 valence electrons. The van der Waals surface area contributed by atoms with Gasteiger partial charge >= 0.3 is 0 Å². The van der Waals surface area contributed by atoms with Crippen molar-refractivity contribution in [2.45, 2.75) is 31.2 Å².